The van der Waals surface area contributed by atoms with Crippen molar-refractivity contribution in [3.8, 4) is 0 Å². The molecule has 0 spiro atoms. The maximum absolute atomic E-state index is 12.2. The van der Waals surface area contributed by atoms with Gasteiger partial charge in [0.05, 0.1) is 7.11 Å². The number of methoxy groups -OCH3 is 1. The van der Waals surface area contributed by atoms with Crippen molar-refractivity contribution in [3.63, 3.8) is 0 Å². The number of benzene rings is 1. The number of esters is 2. The molecule has 4 rings (SSSR count). The molecule has 3 fully saturated rings. The van der Waals surface area contributed by atoms with Gasteiger partial charge in [-0.1, -0.05) is 30.3 Å². The van der Waals surface area contributed by atoms with Crippen molar-refractivity contribution in [2.75, 3.05) is 7.11 Å². The molecule has 3 aliphatic rings. The van der Waals surface area contributed by atoms with Crippen LogP contribution in [-0.4, -0.2) is 25.2 Å². The van der Waals surface area contributed by atoms with E-state index in [0.29, 0.717) is 12.8 Å². The first kappa shape index (κ1) is 12.2. The van der Waals surface area contributed by atoms with Gasteiger partial charge in [0.15, 0.2) is 5.41 Å². The van der Waals surface area contributed by atoms with E-state index in [9.17, 15) is 9.59 Å². The molecule has 4 nitrogen and oxygen atoms in total. The van der Waals surface area contributed by atoms with Crippen LogP contribution in [0.3, 0.4) is 0 Å². The van der Waals surface area contributed by atoms with Crippen LogP contribution in [0.4, 0.5) is 0 Å². The Bertz CT molecular complexity index is 500. The Morgan fingerprint density at radius 3 is 2.74 bits per heavy atom. The van der Waals surface area contributed by atoms with Gasteiger partial charge >= 0.3 is 11.9 Å². The number of fused-ring (bicyclic) bond motifs is 3. The monoisotopic (exact) mass is 260 g/mol. The quantitative estimate of drug-likeness (QED) is 0.603. The number of carbonyl (C=O) groups excluding carboxylic acids is 2. The lowest BCUT2D eigenvalue weighted by Gasteiger charge is -2.47. The van der Waals surface area contributed by atoms with E-state index < -0.39 is 17.4 Å². The van der Waals surface area contributed by atoms with Crippen molar-refractivity contribution in [3.05, 3.63) is 35.9 Å². The lowest BCUT2D eigenvalue weighted by molar-refractivity contribution is -0.196. The zero-order valence-electron chi connectivity index (χ0n) is 10.8. The Hall–Kier alpha value is -1.84. The van der Waals surface area contributed by atoms with Crippen LogP contribution in [0, 0.1) is 5.41 Å². The molecular weight excluding hydrogens is 244 g/mol. The molecule has 2 saturated heterocycles. The third kappa shape index (κ3) is 1.66. The summed E-state index contributed by atoms with van der Waals surface area (Å²) >= 11 is 0. The molecule has 0 N–H and O–H groups in total. The van der Waals surface area contributed by atoms with E-state index in [1.807, 2.05) is 30.3 Å². The fourth-order valence-corrected chi connectivity index (χ4v) is 3.37. The van der Waals surface area contributed by atoms with E-state index in [2.05, 4.69) is 0 Å². The van der Waals surface area contributed by atoms with Crippen LogP contribution in [-0.2, 0) is 19.1 Å². The van der Waals surface area contributed by atoms with Gasteiger partial charge in [-0.3, -0.25) is 9.59 Å². The van der Waals surface area contributed by atoms with E-state index in [1.165, 1.54) is 7.11 Å². The second-order valence-electron chi connectivity index (χ2n) is 5.23. The van der Waals surface area contributed by atoms with Gasteiger partial charge in [-0.25, -0.2) is 0 Å². The third-order valence-corrected chi connectivity index (χ3v) is 4.34. The largest absolute Gasteiger partial charge is 0.468 e. The van der Waals surface area contributed by atoms with Gasteiger partial charge < -0.3 is 9.47 Å². The first-order valence-electron chi connectivity index (χ1n) is 6.53. The molecule has 3 unspecified atom stereocenters. The third-order valence-electron chi connectivity index (χ3n) is 4.34. The van der Waals surface area contributed by atoms with E-state index in [-0.39, 0.29) is 12.0 Å². The molecule has 100 valence electrons. The molecule has 2 aliphatic heterocycles. The lowest BCUT2D eigenvalue weighted by atomic mass is 9.61. The molecule has 19 heavy (non-hydrogen) atoms. The van der Waals surface area contributed by atoms with Crippen molar-refractivity contribution >= 4 is 11.9 Å². The lowest BCUT2D eigenvalue weighted by Crippen LogP contribution is -2.56. The molecule has 0 amide bonds. The summed E-state index contributed by atoms with van der Waals surface area (Å²) in [4.78, 5) is 24.5. The highest BCUT2D eigenvalue weighted by Crippen LogP contribution is 2.53. The molecule has 2 heterocycles. The molecule has 1 aliphatic carbocycles. The van der Waals surface area contributed by atoms with Crippen molar-refractivity contribution in [1.82, 2.24) is 0 Å². The zero-order valence-corrected chi connectivity index (χ0v) is 10.8. The summed E-state index contributed by atoms with van der Waals surface area (Å²) in [5.41, 5.74) is -0.139. The molecular formula is C15H16O4. The van der Waals surface area contributed by atoms with Crippen molar-refractivity contribution in [2.24, 2.45) is 5.41 Å². The number of carbonyl (C=O) groups is 2. The van der Waals surface area contributed by atoms with Crippen molar-refractivity contribution < 1.29 is 19.1 Å². The summed E-state index contributed by atoms with van der Waals surface area (Å²) in [6.07, 6.45) is 1.89. The van der Waals surface area contributed by atoms with Crippen LogP contribution in [0.1, 0.15) is 30.7 Å². The summed E-state index contributed by atoms with van der Waals surface area (Å²) < 4.78 is 10.2. The van der Waals surface area contributed by atoms with E-state index >= 15 is 0 Å². The average molecular weight is 260 g/mol. The second-order valence-corrected chi connectivity index (χ2v) is 5.23. The van der Waals surface area contributed by atoms with Crippen molar-refractivity contribution in [2.45, 2.75) is 31.3 Å². The summed E-state index contributed by atoms with van der Waals surface area (Å²) in [6.45, 7) is 0. The van der Waals surface area contributed by atoms with Gasteiger partial charge in [-0.15, -0.1) is 0 Å². The van der Waals surface area contributed by atoms with E-state index in [1.54, 1.807) is 0 Å². The normalized spacial score (nSPS) is 32.8. The highest BCUT2D eigenvalue weighted by Gasteiger charge is 2.61. The Morgan fingerprint density at radius 2 is 2.11 bits per heavy atom. The molecule has 1 saturated carbocycles. The molecule has 2 bridgehead atoms. The first-order valence-corrected chi connectivity index (χ1v) is 6.53. The van der Waals surface area contributed by atoms with Gasteiger partial charge in [0.1, 0.15) is 6.10 Å². The zero-order chi connectivity index (χ0) is 13.5. The summed E-state index contributed by atoms with van der Waals surface area (Å²) in [7, 11) is 1.33. The van der Waals surface area contributed by atoms with Crippen LogP contribution in [0.5, 0.6) is 0 Å². The minimum Gasteiger partial charge on any atom is -0.468 e. The SMILES string of the molecule is COC(=O)C12CCC(CC1c1ccccc1)OC2=O. The first-order chi connectivity index (χ1) is 9.18. The highest BCUT2D eigenvalue weighted by molar-refractivity contribution is 6.02. The topological polar surface area (TPSA) is 52.6 Å². The van der Waals surface area contributed by atoms with Gasteiger partial charge in [-0.2, -0.15) is 0 Å². The number of hydrogen-bond acceptors (Lipinski definition) is 4. The predicted molar refractivity (Wildman–Crippen MR) is 67.4 cm³/mol. The number of ether oxygens (including phenoxy) is 2. The fourth-order valence-electron chi connectivity index (χ4n) is 3.37. The highest BCUT2D eigenvalue weighted by atomic mass is 16.6. The summed E-state index contributed by atoms with van der Waals surface area (Å²) in [5.74, 6) is -1.03. The Balaban J connectivity index is 2.08. The van der Waals surface area contributed by atoms with Crippen LogP contribution in [0.25, 0.3) is 0 Å². The Morgan fingerprint density at radius 1 is 1.37 bits per heavy atom. The minimum atomic E-state index is -1.15. The second kappa shape index (κ2) is 4.37. The van der Waals surface area contributed by atoms with E-state index in [4.69, 9.17) is 9.47 Å². The number of hydrogen-bond donors (Lipinski definition) is 0. The van der Waals surface area contributed by atoms with Crippen LogP contribution >= 0.6 is 0 Å². The number of rotatable bonds is 2. The standard InChI is InChI=1S/C15H16O4/c1-18-13(16)15-8-7-11(19-14(15)17)9-12(15)10-5-3-2-4-6-10/h2-6,11-12H,7-9H2,1H3. The smallest absolute Gasteiger partial charge is 0.324 e. The van der Waals surface area contributed by atoms with Crippen LogP contribution in [0.15, 0.2) is 30.3 Å². The van der Waals surface area contributed by atoms with Gasteiger partial charge in [0, 0.05) is 5.92 Å². The minimum absolute atomic E-state index is 0.0655. The molecule has 0 aromatic heterocycles. The van der Waals surface area contributed by atoms with E-state index in [0.717, 1.165) is 12.0 Å². The molecule has 1 aromatic rings. The molecule has 0 radical (unpaired) electrons. The Labute approximate surface area is 111 Å². The van der Waals surface area contributed by atoms with Gasteiger partial charge in [0.2, 0.25) is 0 Å². The molecule has 3 atom stereocenters. The average Bonchev–Trinajstić information content (AvgIpc) is 2.47. The molecule has 4 heteroatoms. The summed E-state index contributed by atoms with van der Waals surface area (Å²) in [5, 5.41) is 0. The fraction of sp³-hybridized carbons (Fsp3) is 0.467. The van der Waals surface area contributed by atoms with Crippen LogP contribution in [0.2, 0.25) is 0 Å². The Kier molecular flexibility index (Phi) is 2.81. The van der Waals surface area contributed by atoms with Gasteiger partial charge in [-0.05, 0) is 24.8 Å². The van der Waals surface area contributed by atoms with Crippen LogP contribution < -0.4 is 0 Å². The summed E-state index contributed by atoms with van der Waals surface area (Å²) in [6, 6.07) is 9.70. The molecule has 1 aromatic carbocycles. The van der Waals surface area contributed by atoms with Crippen molar-refractivity contribution in [1.29, 1.82) is 0 Å². The van der Waals surface area contributed by atoms with Gasteiger partial charge in [0.25, 0.3) is 0 Å². The maximum atomic E-state index is 12.2. The predicted octanol–water partition coefficient (Wildman–Crippen LogP) is 2.04. The maximum Gasteiger partial charge on any atom is 0.324 e.